The van der Waals surface area contributed by atoms with Crippen LogP contribution in [0, 0.1) is 18.8 Å². The zero-order chi connectivity index (χ0) is 15.5. The molecule has 1 atom stereocenters. The quantitative estimate of drug-likeness (QED) is 0.783. The Bertz CT molecular complexity index is 546. The molecule has 1 aromatic heterocycles. The van der Waals surface area contributed by atoms with Gasteiger partial charge >= 0.3 is 0 Å². The van der Waals surface area contributed by atoms with Crippen molar-refractivity contribution < 1.29 is 4.79 Å². The van der Waals surface area contributed by atoms with Crippen LogP contribution >= 0.6 is 11.3 Å². The summed E-state index contributed by atoms with van der Waals surface area (Å²) in [5, 5.41) is 0. The summed E-state index contributed by atoms with van der Waals surface area (Å²) >= 11 is 1.73. The van der Waals surface area contributed by atoms with Gasteiger partial charge in [-0.25, -0.2) is 4.98 Å². The second-order valence-electron chi connectivity index (χ2n) is 6.64. The Morgan fingerprint density at radius 2 is 2.23 bits per heavy atom. The Hall–Kier alpha value is -1.20. The maximum absolute atomic E-state index is 12.4. The highest BCUT2D eigenvalue weighted by Gasteiger charge is 2.31. The van der Waals surface area contributed by atoms with E-state index in [1.54, 1.807) is 11.3 Å². The van der Waals surface area contributed by atoms with Crippen molar-refractivity contribution in [1.82, 2.24) is 14.8 Å². The summed E-state index contributed by atoms with van der Waals surface area (Å²) in [6, 6.07) is 0. The number of hydrogen-bond acceptors (Lipinski definition) is 4. The molecule has 0 spiro atoms. The van der Waals surface area contributed by atoms with Gasteiger partial charge in [-0.3, -0.25) is 4.79 Å². The van der Waals surface area contributed by atoms with Crippen molar-refractivity contribution in [2.75, 3.05) is 26.7 Å². The zero-order valence-corrected chi connectivity index (χ0v) is 14.3. The van der Waals surface area contributed by atoms with E-state index >= 15 is 0 Å². The van der Waals surface area contributed by atoms with Crippen LogP contribution in [-0.4, -0.2) is 47.4 Å². The van der Waals surface area contributed by atoms with Crippen LogP contribution < -0.4 is 0 Å². The van der Waals surface area contributed by atoms with Crippen LogP contribution in [0.15, 0.2) is 17.7 Å². The highest BCUT2D eigenvalue weighted by atomic mass is 32.1. The second kappa shape index (κ2) is 6.92. The first-order valence-corrected chi connectivity index (χ1v) is 9.02. The molecule has 2 heterocycles. The van der Waals surface area contributed by atoms with Crippen LogP contribution in [0.4, 0.5) is 0 Å². The molecule has 1 aliphatic heterocycles. The minimum atomic E-state index is 0.219. The lowest BCUT2D eigenvalue weighted by Gasteiger charge is -2.23. The molecule has 5 heteroatoms. The van der Waals surface area contributed by atoms with E-state index in [1.807, 2.05) is 5.51 Å². The normalized spacial score (nSPS) is 22.1. The van der Waals surface area contributed by atoms with E-state index in [-0.39, 0.29) is 5.92 Å². The number of thiazole rings is 1. The van der Waals surface area contributed by atoms with Crippen molar-refractivity contribution in [3.63, 3.8) is 0 Å². The summed E-state index contributed by atoms with van der Waals surface area (Å²) in [5.74, 6) is 1.20. The molecule has 1 fully saturated rings. The van der Waals surface area contributed by atoms with E-state index in [0.29, 0.717) is 11.8 Å². The first-order valence-electron chi connectivity index (χ1n) is 8.14. The number of aromatic nitrogens is 1. The third kappa shape index (κ3) is 3.58. The summed E-state index contributed by atoms with van der Waals surface area (Å²) in [5.41, 5.74) is 3.07. The van der Waals surface area contributed by atoms with E-state index in [0.717, 1.165) is 51.1 Å². The number of nitrogens with zero attached hydrogens (tertiary/aromatic N) is 3. The van der Waals surface area contributed by atoms with Crippen LogP contribution in [0.2, 0.25) is 0 Å². The number of aryl methyl sites for hydroxylation is 1. The molecule has 0 aromatic carbocycles. The van der Waals surface area contributed by atoms with E-state index < -0.39 is 0 Å². The van der Waals surface area contributed by atoms with Gasteiger partial charge in [-0.15, -0.1) is 11.3 Å². The third-order valence-electron chi connectivity index (χ3n) is 4.78. The summed E-state index contributed by atoms with van der Waals surface area (Å²) in [6.45, 7) is 5.97. The molecule has 1 amide bonds. The molecule has 0 unspecified atom stereocenters. The van der Waals surface area contributed by atoms with Crippen molar-refractivity contribution in [2.45, 2.75) is 32.7 Å². The number of amides is 1. The molecule has 2 aliphatic rings. The van der Waals surface area contributed by atoms with Crippen molar-refractivity contribution >= 4 is 17.2 Å². The van der Waals surface area contributed by atoms with Gasteiger partial charge in [-0.2, -0.15) is 0 Å². The lowest BCUT2D eigenvalue weighted by atomic mass is 10.1. The summed E-state index contributed by atoms with van der Waals surface area (Å²) in [7, 11) is 2.17. The molecular formula is C17H25N3OS. The molecule has 1 aliphatic carbocycles. The topological polar surface area (TPSA) is 36.4 Å². The minimum Gasteiger partial charge on any atom is -0.342 e. The monoisotopic (exact) mass is 319 g/mol. The van der Waals surface area contributed by atoms with Gasteiger partial charge in [0.25, 0.3) is 0 Å². The molecule has 1 saturated heterocycles. The maximum Gasteiger partial charge on any atom is 0.226 e. The van der Waals surface area contributed by atoms with E-state index in [9.17, 15) is 4.79 Å². The number of hydrogen-bond donors (Lipinski definition) is 0. The average Bonchev–Trinajstić information content (AvgIpc) is 3.21. The van der Waals surface area contributed by atoms with Gasteiger partial charge in [0.05, 0.1) is 11.2 Å². The number of carbonyl (C=O) groups excluding carboxylic acids is 1. The molecule has 3 rings (SSSR count). The number of rotatable bonds is 5. The Balaban J connectivity index is 1.46. The molecule has 0 radical (unpaired) electrons. The molecule has 0 saturated carbocycles. The van der Waals surface area contributed by atoms with Crippen LogP contribution in [-0.2, 0) is 11.3 Å². The first kappa shape index (κ1) is 15.7. The van der Waals surface area contributed by atoms with Gasteiger partial charge in [-0.1, -0.05) is 12.2 Å². The van der Waals surface area contributed by atoms with Crippen molar-refractivity contribution in [1.29, 1.82) is 0 Å². The minimum absolute atomic E-state index is 0.219. The number of carbonyl (C=O) groups is 1. The van der Waals surface area contributed by atoms with Gasteiger partial charge in [0.1, 0.15) is 0 Å². The lowest BCUT2D eigenvalue weighted by Crippen LogP contribution is -2.35. The Kier molecular flexibility index (Phi) is 4.93. The van der Waals surface area contributed by atoms with Crippen molar-refractivity contribution in [2.24, 2.45) is 11.8 Å². The third-order valence-corrected chi connectivity index (χ3v) is 5.70. The maximum atomic E-state index is 12.4. The van der Waals surface area contributed by atoms with Gasteiger partial charge in [0.15, 0.2) is 0 Å². The molecule has 1 aromatic rings. The van der Waals surface area contributed by atoms with Crippen LogP contribution in [0.1, 0.15) is 29.8 Å². The van der Waals surface area contributed by atoms with E-state index in [1.165, 1.54) is 4.88 Å². The fraction of sp³-hybridized carbons (Fsp3) is 0.647. The summed E-state index contributed by atoms with van der Waals surface area (Å²) in [6.07, 6.45) is 7.29. The zero-order valence-electron chi connectivity index (χ0n) is 13.5. The van der Waals surface area contributed by atoms with Gasteiger partial charge in [-0.05, 0) is 39.2 Å². The fourth-order valence-electron chi connectivity index (χ4n) is 3.49. The highest BCUT2D eigenvalue weighted by molar-refractivity contribution is 7.09. The first-order chi connectivity index (χ1) is 10.6. The molecule has 0 N–H and O–H groups in total. The van der Waals surface area contributed by atoms with Crippen molar-refractivity contribution in [3.8, 4) is 0 Å². The Labute approximate surface area is 136 Å². The average molecular weight is 319 g/mol. The highest BCUT2D eigenvalue weighted by Crippen LogP contribution is 2.25. The number of allylic oxidation sites excluding steroid dienone is 2. The number of likely N-dealkylation sites (tertiary alicyclic amines) is 1. The van der Waals surface area contributed by atoms with Gasteiger partial charge in [0.2, 0.25) is 5.91 Å². The molecule has 4 nitrogen and oxygen atoms in total. The SMILES string of the molecule is Cc1ncsc1CN(C)C[C@H]1CCN(C(=O)C2CC=CC2)C1. The fourth-order valence-corrected chi connectivity index (χ4v) is 4.34. The molecular weight excluding hydrogens is 294 g/mol. The van der Waals surface area contributed by atoms with E-state index in [2.05, 4.69) is 40.9 Å². The second-order valence-corrected chi connectivity index (χ2v) is 7.58. The smallest absolute Gasteiger partial charge is 0.226 e. The standard InChI is InChI=1S/C17H25N3OS/c1-13-16(22-12-18-13)11-19(2)9-14-7-8-20(10-14)17(21)15-5-3-4-6-15/h3-4,12,14-15H,5-11H2,1-2H3/t14-/m1/s1. The van der Waals surface area contributed by atoms with Crippen molar-refractivity contribution in [3.05, 3.63) is 28.2 Å². The summed E-state index contributed by atoms with van der Waals surface area (Å²) < 4.78 is 0. The molecule has 0 bridgehead atoms. The molecule has 22 heavy (non-hydrogen) atoms. The van der Waals surface area contributed by atoms with Gasteiger partial charge in [0, 0.05) is 37.0 Å². The van der Waals surface area contributed by atoms with Crippen LogP contribution in [0.5, 0.6) is 0 Å². The van der Waals surface area contributed by atoms with Gasteiger partial charge < -0.3 is 9.80 Å². The Morgan fingerprint density at radius 3 is 2.91 bits per heavy atom. The van der Waals surface area contributed by atoms with Crippen LogP contribution in [0.25, 0.3) is 0 Å². The predicted octanol–water partition coefficient (Wildman–Crippen LogP) is 2.70. The Morgan fingerprint density at radius 1 is 1.45 bits per heavy atom. The van der Waals surface area contributed by atoms with Crippen LogP contribution in [0.3, 0.4) is 0 Å². The predicted molar refractivity (Wildman–Crippen MR) is 89.7 cm³/mol. The van der Waals surface area contributed by atoms with E-state index in [4.69, 9.17) is 0 Å². The molecule has 120 valence electrons. The largest absolute Gasteiger partial charge is 0.342 e. The lowest BCUT2D eigenvalue weighted by molar-refractivity contribution is -0.134. The summed E-state index contributed by atoms with van der Waals surface area (Å²) in [4.78, 5) is 22.6.